The van der Waals surface area contributed by atoms with Gasteiger partial charge in [-0.3, -0.25) is 4.79 Å². The standard InChI is InChI=1S/C21H21FO6/c1-25-20-9-6-15(11-18(20)22)19(23)13-28-21(24)14-4-7-16(8-5-14)27-12-17-3-2-10-26-17/h4-9,11,17H,2-3,10,12-13H2,1H3/t17-/m0/s1. The number of halogens is 1. The van der Waals surface area contributed by atoms with Crippen LogP contribution in [0.1, 0.15) is 33.6 Å². The van der Waals surface area contributed by atoms with Crippen LogP contribution in [0.15, 0.2) is 42.5 Å². The molecule has 1 saturated heterocycles. The topological polar surface area (TPSA) is 71.1 Å². The number of esters is 1. The van der Waals surface area contributed by atoms with Crippen LogP contribution in [0, 0.1) is 5.82 Å². The monoisotopic (exact) mass is 388 g/mol. The summed E-state index contributed by atoms with van der Waals surface area (Å²) in [4.78, 5) is 24.2. The first kappa shape index (κ1) is 19.8. The number of ether oxygens (including phenoxy) is 4. The van der Waals surface area contributed by atoms with Crippen molar-refractivity contribution in [3.63, 3.8) is 0 Å². The highest BCUT2D eigenvalue weighted by atomic mass is 19.1. The molecule has 6 nitrogen and oxygen atoms in total. The molecule has 0 spiro atoms. The Bertz CT molecular complexity index is 827. The summed E-state index contributed by atoms with van der Waals surface area (Å²) in [6.45, 7) is 0.749. The van der Waals surface area contributed by atoms with Crippen molar-refractivity contribution in [2.75, 3.05) is 26.9 Å². The van der Waals surface area contributed by atoms with Gasteiger partial charge in [-0.2, -0.15) is 0 Å². The maximum Gasteiger partial charge on any atom is 0.338 e. The third-order valence-corrected chi connectivity index (χ3v) is 4.36. The van der Waals surface area contributed by atoms with Crippen LogP contribution in [0.2, 0.25) is 0 Å². The summed E-state index contributed by atoms with van der Waals surface area (Å²) in [6.07, 6.45) is 2.13. The molecule has 0 saturated carbocycles. The van der Waals surface area contributed by atoms with Crippen LogP contribution in [-0.2, 0) is 9.47 Å². The molecule has 1 aliphatic heterocycles. The second-order valence-electron chi connectivity index (χ2n) is 6.32. The number of hydrogen-bond donors (Lipinski definition) is 0. The van der Waals surface area contributed by atoms with Gasteiger partial charge in [-0.15, -0.1) is 0 Å². The lowest BCUT2D eigenvalue weighted by molar-refractivity contribution is 0.0474. The van der Waals surface area contributed by atoms with Gasteiger partial charge in [0.25, 0.3) is 0 Å². The summed E-state index contributed by atoms with van der Waals surface area (Å²) in [6, 6.07) is 10.3. The van der Waals surface area contributed by atoms with E-state index in [1.165, 1.54) is 19.2 Å². The first-order valence-corrected chi connectivity index (χ1v) is 8.95. The van der Waals surface area contributed by atoms with Crippen molar-refractivity contribution in [3.05, 3.63) is 59.4 Å². The molecule has 1 aliphatic rings. The average Bonchev–Trinajstić information content (AvgIpc) is 3.24. The Morgan fingerprint density at radius 1 is 1.14 bits per heavy atom. The Morgan fingerprint density at radius 3 is 2.54 bits per heavy atom. The van der Waals surface area contributed by atoms with Crippen molar-refractivity contribution >= 4 is 11.8 Å². The molecule has 1 fully saturated rings. The van der Waals surface area contributed by atoms with Crippen LogP contribution in [-0.4, -0.2) is 44.8 Å². The number of carbonyl (C=O) groups excluding carboxylic acids is 2. The number of hydrogen-bond acceptors (Lipinski definition) is 6. The summed E-state index contributed by atoms with van der Waals surface area (Å²) in [7, 11) is 1.33. The zero-order valence-corrected chi connectivity index (χ0v) is 15.5. The third kappa shape index (κ3) is 5.07. The Balaban J connectivity index is 1.50. The fraction of sp³-hybridized carbons (Fsp3) is 0.333. The molecular weight excluding hydrogens is 367 g/mol. The number of rotatable bonds is 8. The summed E-state index contributed by atoms with van der Waals surface area (Å²) < 4.78 is 34.6. The fourth-order valence-corrected chi connectivity index (χ4v) is 2.79. The fourth-order valence-electron chi connectivity index (χ4n) is 2.79. The van der Waals surface area contributed by atoms with E-state index in [4.69, 9.17) is 18.9 Å². The highest BCUT2D eigenvalue weighted by Crippen LogP contribution is 2.19. The molecule has 0 amide bonds. The molecule has 0 aromatic heterocycles. The summed E-state index contributed by atoms with van der Waals surface area (Å²) >= 11 is 0. The largest absolute Gasteiger partial charge is 0.494 e. The van der Waals surface area contributed by atoms with Gasteiger partial charge in [-0.05, 0) is 55.3 Å². The number of carbonyl (C=O) groups is 2. The maximum atomic E-state index is 13.7. The van der Waals surface area contributed by atoms with E-state index in [1.54, 1.807) is 24.3 Å². The first-order valence-electron chi connectivity index (χ1n) is 8.95. The Kier molecular flexibility index (Phi) is 6.60. The van der Waals surface area contributed by atoms with Crippen molar-refractivity contribution in [2.45, 2.75) is 18.9 Å². The lowest BCUT2D eigenvalue weighted by Crippen LogP contribution is -2.16. The highest BCUT2D eigenvalue weighted by Gasteiger charge is 2.17. The molecule has 0 unspecified atom stereocenters. The highest BCUT2D eigenvalue weighted by molar-refractivity contribution is 5.99. The van der Waals surface area contributed by atoms with Crippen molar-refractivity contribution in [2.24, 2.45) is 0 Å². The summed E-state index contributed by atoms with van der Waals surface area (Å²) in [5.41, 5.74) is 0.391. The molecule has 0 radical (unpaired) electrons. The molecule has 2 aromatic carbocycles. The van der Waals surface area contributed by atoms with E-state index in [1.807, 2.05) is 0 Å². The number of ketones is 1. The minimum atomic E-state index is -0.654. The van der Waals surface area contributed by atoms with Crippen LogP contribution in [0.25, 0.3) is 0 Å². The van der Waals surface area contributed by atoms with Crippen LogP contribution < -0.4 is 9.47 Å². The van der Waals surface area contributed by atoms with Gasteiger partial charge in [0.15, 0.2) is 24.0 Å². The second-order valence-corrected chi connectivity index (χ2v) is 6.32. The van der Waals surface area contributed by atoms with Crippen molar-refractivity contribution in [3.8, 4) is 11.5 Å². The Morgan fingerprint density at radius 2 is 1.89 bits per heavy atom. The average molecular weight is 388 g/mol. The van der Waals surface area contributed by atoms with Crippen molar-refractivity contribution in [1.29, 1.82) is 0 Å². The third-order valence-electron chi connectivity index (χ3n) is 4.36. The molecule has 7 heteroatoms. The van der Waals surface area contributed by atoms with E-state index in [0.29, 0.717) is 12.4 Å². The van der Waals surface area contributed by atoms with Crippen LogP contribution in [0.3, 0.4) is 0 Å². The quantitative estimate of drug-likeness (QED) is 0.510. The lowest BCUT2D eigenvalue weighted by Gasteiger charge is -2.11. The summed E-state index contributed by atoms with van der Waals surface area (Å²) in [5, 5.41) is 0. The van der Waals surface area contributed by atoms with Gasteiger partial charge in [0.05, 0.1) is 18.8 Å². The van der Waals surface area contributed by atoms with Gasteiger partial charge < -0.3 is 18.9 Å². The van der Waals surface area contributed by atoms with E-state index < -0.39 is 24.2 Å². The van der Waals surface area contributed by atoms with Gasteiger partial charge in [0, 0.05) is 12.2 Å². The molecule has 148 valence electrons. The SMILES string of the molecule is COc1ccc(C(=O)COC(=O)c2ccc(OC[C@@H]3CCCO3)cc2)cc1F. The van der Waals surface area contributed by atoms with Gasteiger partial charge in [0.2, 0.25) is 0 Å². The van der Waals surface area contributed by atoms with E-state index in [0.717, 1.165) is 25.5 Å². The maximum absolute atomic E-state index is 13.7. The molecule has 1 atom stereocenters. The molecule has 1 heterocycles. The first-order chi connectivity index (χ1) is 13.6. The minimum Gasteiger partial charge on any atom is -0.494 e. The van der Waals surface area contributed by atoms with Gasteiger partial charge in [0.1, 0.15) is 12.4 Å². The molecule has 0 aliphatic carbocycles. The zero-order chi connectivity index (χ0) is 19.9. The van der Waals surface area contributed by atoms with Crippen LogP contribution >= 0.6 is 0 Å². The molecule has 0 N–H and O–H groups in total. The van der Waals surface area contributed by atoms with E-state index in [2.05, 4.69) is 0 Å². The van der Waals surface area contributed by atoms with Crippen molar-refractivity contribution in [1.82, 2.24) is 0 Å². The zero-order valence-electron chi connectivity index (χ0n) is 15.5. The molecule has 2 aromatic rings. The number of methoxy groups -OCH3 is 1. The molecule has 0 bridgehead atoms. The lowest BCUT2D eigenvalue weighted by atomic mass is 10.1. The van der Waals surface area contributed by atoms with Crippen LogP contribution in [0.4, 0.5) is 4.39 Å². The molecule has 3 rings (SSSR count). The molecule has 28 heavy (non-hydrogen) atoms. The van der Waals surface area contributed by atoms with Crippen molar-refractivity contribution < 1.29 is 32.9 Å². The second kappa shape index (κ2) is 9.32. The predicted octanol–water partition coefficient (Wildman–Crippen LogP) is 3.43. The Labute approximate surface area is 162 Å². The van der Waals surface area contributed by atoms with E-state index >= 15 is 0 Å². The van der Waals surface area contributed by atoms with E-state index in [9.17, 15) is 14.0 Å². The van der Waals surface area contributed by atoms with Gasteiger partial charge in [-0.25, -0.2) is 9.18 Å². The van der Waals surface area contributed by atoms with Gasteiger partial charge in [-0.1, -0.05) is 0 Å². The van der Waals surface area contributed by atoms with E-state index in [-0.39, 0.29) is 23.0 Å². The van der Waals surface area contributed by atoms with Crippen LogP contribution in [0.5, 0.6) is 11.5 Å². The minimum absolute atomic E-state index is 0.0374. The Hall–Kier alpha value is -2.93. The molecular formula is C21H21FO6. The normalized spacial score (nSPS) is 15.9. The smallest absolute Gasteiger partial charge is 0.338 e. The number of Topliss-reactive ketones (excluding diaryl/α,β-unsaturated/α-hetero) is 1. The van der Waals surface area contributed by atoms with Gasteiger partial charge >= 0.3 is 5.97 Å². The predicted molar refractivity (Wildman–Crippen MR) is 98.5 cm³/mol. The number of benzene rings is 2. The summed E-state index contributed by atoms with van der Waals surface area (Å²) in [5.74, 6) is -1.15.